The van der Waals surface area contributed by atoms with Crippen molar-refractivity contribution in [3.05, 3.63) is 41.5 Å². The van der Waals surface area contributed by atoms with E-state index in [4.69, 9.17) is 4.74 Å². The fraction of sp³-hybridized carbons (Fsp3) is 0.500. The molecule has 0 fully saturated rings. The second-order valence-corrected chi connectivity index (χ2v) is 5.17. The molecule has 0 radical (unpaired) electrons. The van der Waals surface area contributed by atoms with Crippen LogP contribution in [0.25, 0.3) is 6.08 Å². The van der Waals surface area contributed by atoms with Crippen LogP contribution < -0.4 is 5.32 Å². The van der Waals surface area contributed by atoms with Crippen molar-refractivity contribution in [1.29, 1.82) is 0 Å². The molecule has 0 saturated carbocycles. The molecule has 0 aliphatic heterocycles. The van der Waals surface area contributed by atoms with Crippen LogP contribution in [-0.4, -0.2) is 26.3 Å². The Labute approximate surface area is 110 Å². The van der Waals surface area contributed by atoms with Crippen molar-refractivity contribution in [3.8, 4) is 0 Å². The van der Waals surface area contributed by atoms with Gasteiger partial charge in [-0.15, -0.1) is 0 Å². The first-order chi connectivity index (χ1) is 8.72. The lowest BCUT2D eigenvalue weighted by Crippen LogP contribution is -2.37. The van der Waals surface area contributed by atoms with Crippen LogP contribution in [0.2, 0.25) is 0 Å². The van der Waals surface area contributed by atoms with Gasteiger partial charge >= 0.3 is 0 Å². The Morgan fingerprint density at radius 3 is 2.83 bits per heavy atom. The predicted octanol–water partition coefficient (Wildman–Crippen LogP) is 2.99. The summed E-state index contributed by atoms with van der Waals surface area (Å²) in [4.78, 5) is 0. The molecule has 2 rings (SSSR count). The SMILES string of the molecule is CCNC(C)CC1(COC)C=Cc2ccccc21. The average Bonchev–Trinajstić information content (AvgIpc) is 2.70. The summed E-state index contributed by atoms with van der Waals surface area (Å²) in [5.74, 6) is 0. The van der Waals surface area contributed by atoms with Gasteiger partial charge in [-0.2, -0.15) is 0 Å². The number of nitrogens with one attached hydrogen (secondary N) is 1. The highest BCUT2D eigenvalue weighted by atomic mass is 16.5. The lowest BCUT2D eigenvalue weighted by atomic mass is 9.78. The maximum absolute atomic E-state index is 5.49. The van der Waals surface area contributed by atoms with Crippen LogP contribution in [0.1, 0.15) is 31.4 Å². The van der Waals surface area contributed by atoms with Crippen molar-refractivity contribution in [2.24, 2.45) is 0 Å². The van der Waals surface area contributed by atoms with Crippen molar-refractivity contribution in [3.63, 3.8) is 0 Å². The molecule has 2 unspecified atom stereocenters. The molecular formula is C16H23NO. The molecule has 18 heavy (non-hydrogen) atoms. The summed E-state index contributed by atoms with van der Waals surface area (Å²) in [5, 5.41) is 3.50. The Morgan fingerprint density at radius 1 is 1.33 bits per heavy atom. The highest BCUT2D eigenvalue weighted by Gasteiger charge is 2.35. The molecule has 0 aromatic heterocycles. The van der Waals surface area contributed by atoms with Crippen LogP contribution in [0.3, 0.4) is 0 Å². The Bertz CT molecular complexity index is 427. The molecular weight excluding hydrogens is 222 g/mol. The third kappa shape index (κ3) is 2.50. The Kier molecular flexibility index (Phi) is 4.20. The topological polar surface area (TPSA) is 21.3 Å². The summed E-state index contributed by atoms with van der Waals surface area (Å²) in [6.45, 7) is 6.15. The van der Waals surface area contributed by atoms with E-state index in [0.717, 1.165) is 19.6 Å². The summed E-state index contributed by atoms with van der Waals surface area (Å²) in [6.07, 6.45) is 5.62. The molecule has 1 aromatic rings. The molecule has 0 bridgehead atoms. The number of fused-ring (bicyclic) bond motifs is 1. The molecule has 0 amide bonds. The minimum Gasteiger partial charge on any atom is -0.383 e. The van der Waals surface area contributed by atoms with Crippen molar-refractivity contribution < 1.29 is 4.74 Å². The minimum absolute atomic E-state index is 0.0347. The smallest absolute Gasteiger partial charge is 0.0594 e. The van der Waals surface area contributed by atoms with Crippen molar-refractivity contribution in [2.75, 3.05) is 20.3 Å². The van der Waals surface area contributed by atoms with Gasteiger partial charge in [0.05, 0.1) is 6.61 Å². The molecule has 1 aliphatic rings. The maximum Gasteiger partial charge on any atom is 0.0594 e. The lowest BCUT2D eigenvalue weighted by molar-refractivity contribution is 0.142. The van der Waals surface area contributed by atoms with E-state index in [-0.39, 0.29) is 5.41 Å². The number of benzene rings is 1. The van der Waals surface area contributed by atoms with Crippen LogP contribution in [0.15, 0.2) is 30.3 Å². The summed E-state index contributed by atoms with van der Waals surface area (Å²) in [7, 11) is 1.79. The summed E-state index contributed by atoms with van der Waals surface area (Å²) < 4.78 is 5.49. The van der Waals surface area contributed by atoms with E-state index in [9.17, 15) is 0 Å². The van der Waals surface area contributed by atoms with E-state index < -0.39 is 0 Å². The molecule has 98 valence electrons. The Morgan fingerprint density at radius 2 is 2.11 bits per heavy atom. The van der Waals surface area contributed by atoms with Gasteiger partial charge in [-0.05, 0) is 31.0 Å². The van der Waals surface area contributed by atoms with Crippen LogP contribution in [0, 0.1) is 0 Å². The van der Waals surface area contributed by atoms with Gasteiger partial charge in [0.2, 0.25) is 0 Å². The molecule has 0 saturated heterocycles. The number of ether oxygens (including phenoxy) is 1. The zero-order valence-electron chi connectivity index (χ0n) is 11.6. The number of methoxy groups -OCH3 is 1. The van der Waals surface area contributed by atoms with Gasteiger partial charge in [-0.3, -0.25) is 0 Å². The van der Waals surface area contributed by atoms with Gasteiger partial charge in [0.25, 0.3) is 0 Å². The Balaban J connectivity index is 2.26. The average molecular weight is 245 g/mol. The molecule has 1 aliphatic carbocycles. The fourth-order valence-corrected chi connectivity index (χ4v) is 3.02. The number of rotatable bonds is 6. The van der Waals surface area contributed by atoms with E-state index >= 15 is 0 Å². The molecule has 0 heterocycles. The zero-order chi connectivity index (χ0) is 13.0. The largest absolute Gasteiger partial charge is 0.383 e. The molecule has 0 spiro atoms. The normalized spacial score (nSPS) is 23.1. The highest BCUT2D eigenvalue weighted by Crippen LogP contribution is 2.39. The third-order valence-electron chi connectivity index (χ3n) is 3.70. The van der Waals surface area contributed by atoms with Gasteiger partial charge in [-0.25, -0.2) is 0 Å². The summed E-state index contributed by atoms with van der Waals surface area (Å²) >= 11 is 0. The summed E-state index contributed by atoms with van der Waals surface area (Å²) in [6, 6.07) is 9.11. The first kappa shape index (κ1) is 13.3. The van der Waals surface area contributed by atoms with Crippen LogP contribution in [0.4, 0.5) is 0 Å². The molecule has 2 nitrogen and oxygen atoms in total. The quantitative estimate of drug-likeness (QED) is 0.832. The molecule has 2 atom stereocenters. The van der Waals surface area contributed by atoms with E-state index in [0.29, 0.717) is 6.04 Å². The van der Waals surface area contributed by atoms with E-state index in [1.165, 1.54) is 11.1 Å². The monoisotopic (exact) mass is 245 g/mol. The van der Waals surface area contributed by atoms with Gasteiger partial charge in [0.15, 0.2) is 0 Å². The van der Waals surface area contributed by atoms with Crippen molar-refractivity contribution in [1.82, 2.24) is 5.32 Å². The molecule has 1 N–H and O–H groups in total. The van der Waals surface area contributed by atoms with Crippen molar-refractivity contribution >= 4 is 6.08 Å². The highest BCUT2D eigenvalue weighted by molar-refractivity contribution is 5.65. The van der Waals surface area contributed by atoms with Crippen LogP contribution >= 0.6 is 0 Å². The first-order valence-electron chi connectivity index (χ1n) is 6.73. The lowest BCUT2D eigenvalue weighted by Gasteiger charge is -2.31. The second kappa shape index (κ2) is 5.68. The van der Waals surface area contributed by atoms with Gasteiger partial charge in [-0.1, -0.05) is 43.3 Å². The second-order valence-electron chi connectivity index (χ2n) is 5.17. The van der Waals surface area contributed by atoms with Gasteiger partial charge in [0.1, 0.15) is 0 Å². The van der Waals surface area contributed by atoms with Crippen molar-refractivity contribution in [2.45, 2.75) is 31.7 Å². The molecule has 2 heteroatoms. The van der Waals surface area contributed by atoms with Crippen LogP contribution in [-0.2, 0) is 10.2 Å². The van der Waals surface area contributed by atoms with E-state index in [2.05, 4.69) is 55.6 Å². The minimum atomic E-state index is 0.0347. The van der Waals surface area contributed by atoms with Crippen LogP contribution in [0.5, 0.6) is 0 Å². The first-order valence-corrected chi connectivity index (χ1v) is 6.73. The van der Waals surface area contributed by atoms with E-state index in [1.54, 1.807) is 7.11 Å². The van der Waals surface area contributed by atoms with Gasteiger partial charge in [0, 0.05) is 18.6 Å². The zero-order valence-corrected chi connectivity index (χ0v) is 11.6. The number of hydrogen-bond acceptors (Lipinski definition) is 2. The standard InChI is InChI=1S/C16H23NO/c1-4-17-13(2)11-16(12-18-3)10-9-14-7-5-6-8-15(14)16/h5-10,13,17H,4,11-12H2,1-3H3. The maximum atomic E-state index is 5.49. The summed E-state index contributed by atoms with van der Waals surface area (Å²) in [5.41, 5.74) is 2.77. The third-order valence-corrected chi connectivity index (χ3v) is 3.70. The van der Waals surface area contributed by atoms with E-state index in [1.807, 2.05) is 0 Å². The fourth-order valence-electron chi connectivity index (χ4n) is 3.02. The predicted molar refractivity (Wildman–Crippen MR) is 76.8 cm³/mol. The van der Waals surface area contributed by atoms with Gasteiger partial charge < -0.3 is 10.1 Å². The number of hydrogen-bond donors (Lipinski definition) is 1. The molecule has 1 aromatic carbocycles. The Hall–Kier alpha value is -1.12.